The molecule has 5 nitrogen and oxygen atoms in total. The van der Waals surface area contributed by atoms with Crippen LogP contribution in [0.15, 0.2) is 18.3 Å². The topological polar surface area (TPSA) is 68.0 Å². The number of aromatic carboxylic acids is 1. The SMILES string of the molecule is O=C(O)c1nc2cccnc2n1CC1CCC1. The average molecular weight is 231 g/mol. The molecule has 88 valence electrons. The molecule has 1 fully saturated rings. The highest BCUT2D eigenvalue weighted by Crippen LogP contribution is 2.29. The average Bonchev–Trinajstić information content (AvgIpc) is 2.62. The van der Waals surface area contributed by atoms with E-state index in [1.165, 1.54) is 19.3 Å². The highest BCUT2D eigenvalue weighted by Gasteiger charge is 2.23. The lowest BCUT2D eigenvalue weighted by molar-refractivity contribution is 0.0676. The zero-order valence-electron chi connectivity index (χ0n) is 9.33. The number of pyridine rings is 1. The van der Waals surface area contributed by atoms with Crippen molar-refractivity contribution in [2.75, 3.05) is 0 Å². The van der Waals surface area contributed by atoms with Crippen LogP contribution in [0.1, 0.15) is 29.9 Å². The molecule has 0 bridgehead atoms. The molecule has 17 heavy (non-hydrogen) atoms. The lowest BCUT2D eigenvalue weighted by atomic mass is 9.85. The van der Waals surface area contributed by atoms with Crippen LogP contribution in [0.2, 0.25) is 0 Å². The highest BCUT2D eigenvalue weighted by atomic mass is 16.4. The summed E-state index contributed by atoms with van der Waals surface area (Å²) in [7, 11) is 0. The summed E-state index contributed by atoms with van der Waals surface area (Å²) in [6.07, 6.45) is 5.26. The Morgan fingerprint density at radius 3 is 3.00 bits per heavy atom. The second-order valence-corrected chi connectivity index (χ2v) is 4.49. The van der Waals surface area contributed by atoms with E-state index in [1.54, 1.807) is 22.9 Å². The number of carboxylic acids is 1. The third-order valence-electron chi connectivity index (χ3n) is 3.36. The Morgan fingerprint density at radius 2 is 2.35 bits per heavy atom. The summed E-state index contributed by atoms with van der Waals surface area (Å²) in [5.74, 6) is -0.305. The Bertz CT molecular complexity index is 572. The third-order valence-corrected chi connectivity index (χ3v) is 3.36. The standard InChI is InChI=1S/C12H13N3O2/c16-12(17)11-14-9-5-2-6-13-10(9)15(11)7-8-3-1-4-8/h2,5-6,8H,1,3-4,7H2,(H,16,17). The first-order chi connectivity index (χ1) is 8.25. The summed E-state index contributed by atoms with van der Waals surface area (Å²) in [6.45, 7) is 0.717. The maximum atomic E-state index is 11.2. The molecule has 0 radical (unpaired) electrons. The van der Waals surface area contributed by atoms with Gasteiger partial charge in [0.05, 0.1) is 0 Å². The first-order valence-corrected chi connectivity index (χ1v) is 5.80. The van der Waals surface area contributed by atoms with Crippen LogP contribution < -0.4 is 0 Å². The number of carbonyl (C=O) groups is 1. The first kappa shape index (κ1) is 10.3. The Balaban J connectivity index is 2.10. The van der Waals surface area contributed by atoms with Crippen molar-refractivity contribution in [1.82, 2.24) is 14.5 Å². The van der Waals surface area contributed by atoms with Crippen molar-refractivity contribution in [1.29, 1.82) is 0 Å². The van der Waals surface area contributed by atoms with Crippen molar-refractivity contribution in [2.45, 2.75) is 25.8 Å². The second-order valence-electron chi connectivity index (χ2n) is 4.49. The van der Waals surface area contributed by atoms with E-state index in [4.69, 9.17) is 5.11 Å². The molecular weight excluding hydrogens is 218 g/mol. The van der Waals surface area contributed by atoms with Crippen molar-refractivity contribution in [3.8, 4) is 0 Å². The maximum absolute atomic E-state index is 11.2. The minimum atomic E-state index is -0.984. The van der Waals surface area contributed by atoms with Crippen molar-refractivity contribution < 1.29 is 9.90 Å². The molecular formula is C12H13N3O2. The van der Waals surface area contributed by atoms with Crippen LogP contribution in [0.5, 0.6) is 0 Å². The van der Waals surface area contributed by atoms with Gasteiger partial charge in [0.25, 0.3) is 0 Å². The molecule has 3 rings (SSSR count). The van der Waals surface area contributed by atoms with Crippen molar-refractivity contribution >= 4 is 17.1 Å². The largest absolute Gasteiger partial charge is 0.475 e. The number of hydrogen-bond acceptors (Lipinski definition) is 3. The zero-order chi connectivity index (χ0) is 11.8. The lowest BCUT2D eigenvalue weighted by Crippen LogP contribution is -2.21. The molecule has 2 aromatic heterocycles. The summed E-state index contributed by atoms with van der Waals surface area (Å²) in [6, 6.07) is 3.57. The van der Waals surface area contributed by atoms with Crippen LogP contribution >= 0.6 is 0 Å². The van der Waals surface area contributed by atoms with Crippen LogP contribution in [-0.4, -0.2) is 25.6 Å². The normalized spacial score (nSPS) is 16.0. The van der Waals surface area contributed by atoms with E-state index in [-0.39, 0.29) is 5.82 Å². The Kier molecular flexibility index (Phi) is 2.31. The van der Waals surface area contributed by atoms with Crippen molar-refractivity contribution in [3.05, 3.63) is 24.2 Å². The predicted octanol–water partition coefficient (Wildman–Crippen LogP) is 1.93. The molecule has 0 saturated heterocycles. The van der Waals surface area contributed by atoms with Gasteiger partial charge in [0.15, 0.2) is 5.65 Å². The molecule has 1 aliphatic carbocycles. The van der Waals surface area contributed by atoms with Gasteiger partial charge < -0.3 is 9.67 Å². The molecule has 0 spiro atoms. The lowest BCUT2D eigenvalue weighted by Gasteiger charge is -2.26. The van der Waals surface area contributed by atoms with Crippen LogP contribution in [0.4, 0.5) is 0 Å². The molecule has 0 atom stereocenters. The summed E-state index contributed by atoms with van der Waals surface area (Å²) >= 11 is 0. The fourth-order valence-electron chi connectivity index (χ4n) is 2.23. The van der Waals surface area contributed by atoms with Gasteiger partial charge in [-0.15, -0.1) is 0 Å². The summed E-state index contributed by atoms with van der Waals surface area (Å²) < 4.78 is 1.74. The monoisotopic (exact) mass is 231 g/mol. The van der Waals surface area contributed by atoms with Gasteiger partial charge in [0, 0.05) is 12.7 Å². The number of rotatable bonds is 3. The number of nitrogens with zero attached hydrogens (tertiary/aromatic N) is 3. The van der Waals surface area contributed by atoms with E-state index < -0.39 is 5.97 Å². The van der Waals surface area contributed by atoms with E-state index in [9.17, 15) is 4.79 Å². The molecule has 5 heteroatoms. The fraction of sp³-hybridized carbons (Fsp3) is 0.417. The Hall–Kier alpha value is -1.91. The highest BCUT2D eigenvalue weighted by molar-refractivity contribution is 5.88. The maximum Gasteiger partial charge on any atom is 0.372 e. The quantitative estimate of drug-likeness (QED) is 0.876. The number of hydrogen-bond donors (Lipinski definition) is 1. The van der Waals surface area contributed by atoms with Gasteiger partial charge in [0.2, 0.25) is 5.82 Å². The summed E-state index contributed by atoms with van der Waals surface area (Å²) in [4.78, 5) is 19.5. The number of imidazole rings is 1. The minimum absolute atomic E-state index is 0.102. The molecule has 0 aromatic carbocycles. The Morgan fingerprint density at radius 1 is 1.53 bits per heavy atom. The molecule has 0 amide bonds. The van der Waals surface area contributed by atoms with Gasteiger partial charge in [-0.2, -0.15) is 0 Å². The molecule has 2 heterocycles. The van der Waals surface area contributed by atoms with E-state index in [1.807, 2.05) is 0 Å². The van der Waals surface area contributed by atoms with E-state index in [2.05, 4.69) is 9.97 Å². The van der Waals surface area contributed by atoms with Gasteiger partial charge in [-0.05, 0) is 30.9 Å². The van der Waals surface area contributed by atoms with E-state index in [0.717, 1.165) is 6.54 Å². The van der Waals surface area contributed by atoms with Crippen molar-refractivity contribution in [3.63, 3.8) is 0 Å². The van der Waals surface area contributed by atoms with Gasteiger partial charge in [-0.3, -0.25) is 0 Å². The summed E-state index contributed by atoms with van der Waals surface area (Å²) in [5, 5.41) is 9.16. The zero-order valence-corrected chi connectivity index (χ0v) is 9.33. The van der Waals surface area contributed by atoms with Crippen LogP contribution in [0, 0.1) is 5.92 Å². The fourth-order valence-corrected chi connectivity index (χ4v) is 2.23. The van der Waals surface area contributed by atoms with Gasteiger partial charge in [0.1, 0.15) is 5.52 Å². The molecule has 1 N–H and O–H groups in total. The van der Waals surface area contributed by atoms with E-state index in [0.29, 0.717) is 17.1 Å². The van der Waals surface area contributed by atoms with Gasteiger partial charge in [-0.25, -0.2) is 14.8 Å². The third kappa shape index (κ3) is 1.67. The molecule has 0 unspecified atom stereocenters. The first-order valence-electron chi connectivity index (χ1n) is 5.80. The summed E-state index contributed by atoms with van der Waals surface area (Å²) in [5.41, 5.74) is 1.33. The van der Waals surface area contributed by atoms with Gasteiger partial charge >= 0.3 is 5.97 Å². The number of aromatic nitrogens is 3. The van der Waals surface area contributed by atoms with E-state index >= 15 is 0 Å². The minimum Gasteiger partial charge on any atom is -0.475 e. The predicted molar refractivity (Wildman–Crippen MR) is 61.8 cm³/mol. The number of carboxylic acid groups (broad SMARTS) is 1. The van der Waals surface area contributed by atoms with Crippen LogP contribution in [0.3, 0.4) is 0 Å². The second kappa shape index (κ2) is 3.84. The van der Waals surface area contributed by atoms with Crippen LogP contribution in [0.25, 0.3) is 11.2 Å². The number of fused-ring (bicyclic) bond motifs is 1. The molecule has 2 aromatic rings. The molecule has 1 aliphatic rings. The van der Waals surface area contributed by atoms with Crippen molar-refractivity contribution in [2.24, 2.45) is 5.92 Å². The molecule has 1 saturated carbocycles. The van der Waals surface area contributed by atoms with Crippen LogP contribution in [-0.2, 0) is 6.54 Å². The van der Waals surface area contributed by atoms with Gasteiger partial charge in [-0.1, -0.05) is 6.42 Å². The Labute approximate surface area is 98.1 Å². The molecule has 0 aliphatic heterocycles. The smallest absolute Gasteiger partial charge is 0.372 e.